The van der Waals surface area contributed by atoms with Crippen LogP contribution in [0.1, 0.15) is 30.7 Å². The molecule has 1 aromatic carbocycles. The largest absolute Gasteiger partial charge is 0.382 e. The van der Waals surface area contributed by atoms with E-state index in [9.17, 15) is 4.39 Å². The van der Waals surface area contributed by atoms with Gasteiger partial charge >= 0.3 is 0 Å². The lowest BCUT2D eigenvalue weighted by molar-refractivity contribution is 0.0668. The number of halogens is 1. The van der Waals surface area contributed by atoms with Crippen LogP contribution in [-0.2, 0) is 9.47 Å². The van der Waals surface area contributed by atoms with Gasteiger partial charge in [0, 0.05) is 32.2 Å². The zero-order valence-corrected chi connectivity index (χ0v) is 12.1. The maximum atomic E-state index is 13.9. The minimum Gasteiger partial charge on any atom is -0.382 e. The molecule has 1 N–H and O–H groups in total. The first-order valence-electron chi connectivity index (χ1n) is 7.35. The van der Waals surface area contributed by atoms with Crippen molar-refractivity contribution in [2.24, 2.45) is 0 Å². The molecule has 2 rings (SSSR count). The molecule has 1 saturated carbocycles. The average Bonchev–Trinajstić information content (AvgIpc) is 3.27. The molecule has 1 atom stereocenters. The van der Waals surface area contributed by atoms with Crippen molar-refractivity contribution < 1.29 is 13.9 Å². The monoisotopic (exact) mass is 281 g/mol. The smallest absolute Gasteiger partial charge is 0.126 e. The van der Waals surface area contributed by atoms with Gasteiger partial charge in [0.1, 0.15) is 5.82 Å². The number of hydrogen-bond donors (Lipinski definition) is 1. The predicted octanol–water partition coefficient (Wildman–Crippen LogP) is 2.71. The molecule has 0 radical (unpaired) electrons. The Morgan fingerprint density at radius 1 is 1.25 bits per heavy atom. The molecule has 0 bridgehead atoms. The van der Waals surface area contributed by atoms with Crippen LogP contribution in [0.25, 0.3) is 0 Å². The van der Waals surface area contributed by atoms with Gasteiger partial charge in [-0.15, -0.1) is 0 Å². The fourth-order valence-electron chi connectivity index (χ4n) is 2.24. The number of methoxy groups -OCH3 is 1. The fourth-order valence-corrected chi connectivity index (χ4v) is 2.24. The second kappa shape index (κ2) is 8.35. The SMILES string of the molecule is COCCOCCC(CNC1CC1)c1ccccc1F. The van der Waals surface area contributed by atoms with E-state index in [0.29, 0.717) is 25.9 Å². The molecule has 0 spiro atoms. The van der Waals surface area contributed by atoms with Crippen molar-refractivity contribution in [2.45, 2.75) is 31.2 Å². The molecule has 3 nitrogen and oxygen atoms in total. The van der Waals surface area contributed by atoms with Gasteiger partial charge in [-0.3, -0.25) is 0 Å². The predicted molar refractivity (Wildman–Crippen MR) is 77.5 cm³/mol. The summed E-state index contributed by atoms with van der Waals surface area (Å²) in [7, 11) is 1.66. The molecule has 1 fully saturated rings. The van der Waals surface area contributed by atoms with Gasteiger partial charge in [0.15, 0.2) is 0 Å². The molecule has 20 heavy (non-hydrogen) atoms. The van der Waals surface area contributed by atoms with E-state index in [0.717, 1.165) is 18.5 Å². The van der Waals surface area contributed by atoms with E-state index in [1.807, 2.05) is 12.1 Å². The van der Waals surface area contributed by atoms with Crippen molar-refractivity contribution in [2.75, 3.05) is 33.5 Å². The molecule has 112 valence electrons. The first kappa shape index (κ1) is 15.4. The molecule has 0 heterocycles. The third-order valence-corrected chi connectivity index (χ3v) is 3.62. The second-order valence-corrected chi connectivity index (χ2v) is 5.29. The molecule has 1 aromatic rings. The molecule has 0 amide bonds. The molecule has 1 aliphatic rings. The number of benzene rings is 1. The Bertz CT molecular complexity index is 396. The summed E-state index contributed by atoms with van der Waals surface area (Å²) in [5.74, 6) is 0.0475. The van der Waals surface area contributed by atoms with Crippen molar-refractivity contribution in [3.05, 3.63) is 35.6 Å². The van der Waals surface area contributed by atoms with Gasteiger partial charge in [0.05, 0.1) is 13.2 Å². The Morgan fingerprint density at radius 2 is 2.05 bits per heavy atom. The lowest BCUT2D eigenvalue weighted by Crippen LogP contribution is -2.25. The maximum absolute atomic E-state index is 13.9. The Hall–Kier alpha value is -0.970. The minimum absolute atomic E-state index is 0.119. The Labute approximate surface area is 120 Å². The third-order valence-electron chi connectivity index (χ3n) is 3.62. The summed E-state index contributed by atoms with van der Waals surface area (Å²) in [4.78, 5) is 0. The van der Waals surface area contributed by atoms with Crippen LogP contribution in [0.2, 0.25) is 0 Å². The zero-order chi connectivity index (χ0) is 14.2. The first-order valence-corrected chi connectivity index (χ1v) is 7.35. The van der Waals surface area contributed by atoms with Crippen LogP contribution in [0, 0.1) is 5.82 Å². The lowest BCUT2D eigenvalue weighted by Gasteiger charge is -2.19. The molecular weight excluding hydrogens is 257 g/mol. The Balaban J connectivity index is 1.84. The van der Waals surface area contributed by atoms with Crippen molar-refractivity contribution in [3.8, 4) is 0 Å². The number of ether oxygens (including phenoxy) is 2. The number of nitrogens with one attached hydrogen (secondary N) is 1. The second-order valence-electron chi connectivity index (χ2n) is 5.29. The molecule has 0 aliphatic heterocycles. The molecule has 4 heteroatoms. The van der Waals surface area contributed by atoms with Crippen LogP contribution in [0.4, 0.5) is 4.39 Å². The van der Waals surface area contributed by atoms with E-state index in [1.54, 1.807) is 13.2 Å². The molecule has 1 unspecified atom stereocenters. The Kier molecular flexibility index (Phi) is 6.43. The van der Waals surface area contributed by atoms with Crippen LogP contribution >= 0.6 is 0 Å². The molecule has 1 aliphatic carbocycles. The molecule has 0 saturated heterocycles. The first-order chi connectivity index (χ1) is 9.81. The maximum Gasteiger partial charge on any atom is 0.126 e. The average molecular weight is 281 g/mol. The van der Waals surface area contributed by atoms with Crippen LogP contribution in [-0.4, -0.2) is 39.5 Å². The van der Waals surface area contributed by atoms with Gasteiger partial charge in [0.2, 0.25) is 0 Å². The summed E-state index contributed by atoms with van der Waals surface area (Å²) in [6, 6.07) is 7.68. The number of rotatable bonds is 10. The van der Waals surface area contributed by atoms with E-state index in [4.69, 9.17) is 9.47 Å². The zero-order valence-electron chi connectivity index (χ0n) is 12.1. The van der Waals surface area contributed by atoms with Gasteiger partial charge in [-0.1, -0.05) is 18.2 Å². The van der Waals surface area contributed by atoms with E-state index < -0.39 is 0 Å². The summed E-state index contributed by atoms with van der Waals surface area (Å²) in [5.41, 5.74) is 0.788. The van der Waals surface area contributed by atoms with Crippen molar-refractivity contribution in [3.63, 3.8) is 0 Å². The quantitative estimate of drug-likeness (QED) is 0.669. The van der Waals surface area contributed by atoms with Gasteiger partial charge in [-0.05, 0) is 30.9 Å². The number of hydrogen-bond acceptors (Lipinski definition) is 3. The van der Waals surface area contributed by atoms with Crippen LogP contribution in [0.3, 0.4) is 0 Å². The summed E-state index contributed by atoms with van der Waals surface area (Å²) in [6.07, 6.45) is 3.31. The summed E-state index contributed by atoms with van der Waals surface area (Å²) >= 11 is 0. The van der Waals surface area contributed by atoms with E-state index >= 15 is 0 Å². The summed E-state index contributed by atoms with van der Waals surface area (Å²) < 4.78 is 24.4. The normalized spacial score (nSPS) is 16.3. The lowest BCUT2D eigenvalue weighted by atomic mass is 9.95. The minimum atomic E-state index is -0.119. The summed E-state index contributed by atoms with van der Waals surface area (Å²) in [5, 5.41) is 3.49. The third kappa shape index (κ3) is 5.19. The highest BCUT2D eigenvalue weighted by atomic mass is 19.1. The van der Waals surface area contributed by atoms with Gasteiger partial charge in [-0.25, -0.2) is 4.39 Å². The van der Waals surface area contributed by atoms with Gasteiger partial charge < -0.3 is 14.8 Å². The standard InChI is InChI=1S/C16H24FNO2/c1-19-10-11-20-9-8-13(12-18-14-6-7-14)15-4-2-3-5-16(15)17/h2-5,13-14,18H,6-12H2,1H3. The molecular formula is C16H24FNO2. The van der Waals surface area contributed by atoms with Crippen LogP contribution in [0.15, 0.2) is 24.3 Å². The van der Waals surface area contributed by atoms with Crippen molar-refractivity contribution in [1.29, 1.82) is 0 Å². The highest BCUT2D eigenvalue weighted by Crippen LogP contribution is 2.25. The van der Waals surface area contributed by atoms with E-state index in [1.165, 1.54) is 18.9 Å². The van der Waals surface area contributed by atoms with Crippen molar-refractivity contribution >= 4 is 0 Å². The summed E-state index contributed by atoms with van der Waals surface area (Å²) in [6.45, 7) is 2.65. The van der Waals surface area contributed by atoms with Gasteiger partial charge in [-0.2, -0.15) is 0 Å². The van der Waals surface area contributed by atoms with Crippen molar-refractivity contribution in [1.82, 2.24) is 5.32 Å². The van der Waals surface area contributed by atoms with Crippen LogP contribution in [0.5, 0.6) is 0 Å². The molecule has 0 aromatic heterocycles. The van der Waals surface area contributed by atoms with E-state index in [-0.39, 0.29) is 11.7 Å². The Morgan fingerprint density at radius 3 is 2.75 bits per heavy atom. The highest BCUT2D eigenvalue weighted by molar-refractivity contribution is 5.22. The fraction of sp³-hybridized carbons (Fsp3) is 0.625. The van der Waals surface area contributed by atoms with E-state index in [2.05, 4.69) is 5.32 Å². The topological polar surface area (TPSA) is 30.5 Å². The highest BCUT2D eigenvalue weighted by Gasteiger charge is 2.23. The van der Waals surface area contributed by atoms with Crippen LogP contribution < -0.4 is 5.32 Å². The van der Waals surface area contributed by atoms with Gasteiger partial charge in [0.25, 0.3) is 0 Å².